The highest BCUT2D eigenvalue weighted by Gasteiger charge is 2.33. The molecule has 9 nitrogen and oxygen atoms in total. The molecule has 0 aliphatic rings. The molecular formula is C29H33BrClN3O6S. The minimum Gasteiger partial charge on any atom is -0.493 e. The van der Waals surface area contributed by atoms with Crippen molar-refractivity contribution in [1.29, 1.82) is 0 Å². The maximum Gasteiger partial charge on any atom is 0.264 e. The van der Waals surface area contributed by atoms with Gasteiger partial charge in [0.25, 0.3) is 10.0 Å². The summed E-state index contributed by atoms with van der Waals surface area (Å²) in [5, 5.41) is 3.22. The van der Waals surface area contributed by atoms with E-state index < -0.39 is 28.5 Å². The van der Waals surface area contributed by atoms with Crippen LogP contribution in [0.1, 0.15) is 25.8 Å². The number of hydrogen-bond acceptors (Lipinski definition) is 6. The summed E-state index contributed by atoms with van der Waals surface area (Å²) in [5.74, 6) is -0.327. The molecule has 0 unspecified atom stereocenters. The average Bonchev–Trinajstić information content (AvgIpc) is 2.97. The van der Waals surface area contributed by atoms with E-state index in [-0.39, 0.29) is 28.8 Å². The molecule has 0 spiro atoms. The van der Waals surface area contributed by atoms with E-state index in [1.807, 2.05) is 31.2 Å². The van der Waals surface area contributed by atoms with Crippen molar-refractivity contribution < 1.29 is 27.5 Å². The van der Waals surface area contributed by atoms with Gasteiger partial charge in [-0.2, -0.15) is 0 Å². The van der Waals surface area contributed by atoms with Gasteiger partial charge in [-0.05, 0) is 67.4 Å². The predicted octanol–water partition coefficient (Wildman–Crippen LogP) is 5.26. The van der Waals surface area contributed by atoms with Gasteiger partial charge in [0.2, 0.25) is 11.8 Å². The molecule has 2 amide bonds. The zero-order chi connectivity index (χ0) is 30.2. The Morgan fingerprint density at radius 2 is 1.61 bits per heavy atom. The van der Waals surface area contributed by atoms with Crippen molar-refractivity contribution in [1.82, 2.24) is 10.2 Å². The lowest BCUT2D eigenvalue weighted by molar-refractivity contribution is -0.139. The molecule has 0 radical (unpaired) electrons. The molecule has 0 saturated carbocycles. The second-order valence-electron chi connectivity index (χ2n) is 9.12. The van der Waals surface area contributed by atoms with Crippen LogP contribution in [0.2, 0.25) is 5.02 Å². The van der Waals surface area contributed by atoms with E-state index in [1.54, 1.807) is 19.1 Å². The van der Waals surface area contributed by atoms with Crippen LogP contribution >= 0.6 is 27.5 Å². The van der Waals surface area contributed by atoms with Crippen LogP contribution in [0.3, 0.4) is 0 Å². The van der Waals surface area contributed by atoms with Crippen LogP contribution in [0, 0.1) is 0 Å². The first-order valence-corrected chi connectivity index (χ1v) is 15.4. The number of amides is 2. The molecule has 0 fully saturated rings. The summed E-state index contributed by atoms with van der Waals surface area (Å²) in [6.07, 6.45) is 0.729. The summed E-state index contributed by atoms with van der Waals surface area (Å²) in [6.45, 7) is 3.53. The van der Waals surface area contributed by atoms with Gasteiger partial charge in [0, 0.05) is 28.7 Å². The fourth-order valence-electron chi connectivity index (χ4n) is 4.01. The van der Waals surface area contributed by atoms with Gasteiger partial charge in [0.15, 0.2) is 11.5 Å². The Morgan fingerprint density at radius 3 is 2.20 bits per heavy atom. The lowest BCUT2D eigenvalue weighted by atomic mass is 10.1. The molecular weight excluding hydrogens is 634 g/mol. The number of ether oxygens (including phenoxy) is 2. The lowest BCUT2D eigenvalue weighted by Gasteiger charge is -2.32. The summed E-state index contributed by atoms with van der Waals surface area (Å²) in [7, 11) is -1.44. The van der Waals surface area contributed by atoms with Crippen LogP contribution < -0.4 is 19.1 Å². The van der Waals surface area contributed by atoms with Crippen molar-refractivity contribution in [2.75, 3.05) is 31.6 Å². The number of halogens is 2. The molecule has 3 aromatic rings. The molecule has 3 aromatic carbocycles. The number of nitrogens with one attached hydrogen (secondary N) is 1. The molecule has 0 aromatic heterocycles. The number of carbonyl (C=O) groups is 2. The maximum atomic E-state index is 14.0. The monoisotopic (exact) mass is 665 g/mol. The van der Waals surface area contributed by atoms with Crippen molar-refractivity contribution in [3.63, 3.8) is 0 Å². The quantitative estimate of drug-likeness (QED) is 0.267. The predicted molar refractivity (Wildman–Crippen MR) is 163 cm³/mol. The second kappa shape index (κ2) is 14.6. The number of rotatable bonds is 13. The van der Waals surface area contributed by atoms with E-state index in [0.717, 1.165) is 20.8 Å². The topological polar surface area (TPSA) is 105 Å². The normalized spacial score (nSPS) is 11.9. The fraction of sp³-hybridized carbons (Fsp3) is 0.310. The molecule has 220 valence electrons. The van der Waals surface area contributed by atoms with Crippen LogP contribution in [0.25, 0.3) is 0 Å². The van der Waals surface area contributed by atoms with Gasteiger partial charge in [-0.1, -0.05) is 46.6 Å². The first kappa shape index (κ1) is 32.2. The highest BCUT2D eigenvalue weighted by molar-refractivity contribution is 9.10. The van der Waals surface area contributed by atoms with Crippen molar-refractivity contribution in [2.45, 2.75) is 37.8 Å². The van der Waals surface area contributed by atoms with Crippen LogP contribution in [0.4, 0.5) is 5.69 Å². The highest BCUT2D eigenvalue weighted by atomic mass is 79.9. The molecule has 12 heteroatoms. The zero-order valence-corrected chi connectivity index (χ0v) is 26.4. The Balaban J connectivity index is 2.05. The van der Waals surface area contributed by atoms with Crippen molar-refractivity contribution >= 4 is 55.1 Å². The summed E-state index contributed by atoms with van der Waals surface area (Å²) in [4.78, 5) is 28.2. The molecule has 1 atom stereocenters. The van der Waals surface area contributed by atoms with Gasteiger partial charge in [0.1, 0.15) is 12.6 Å². The summed E-state index contributed by atoms with van der Waals surface area (Å²) >= 11 is 9.48. The maximum absolute atomic E-state index is 14.0. The number of nitrogens with zero attached hydrogens (tertiary/aromatic N) is 2. The minimum atomic E-state index is -4.29. The molecule has 3 rings (SSSR count). The Labute approximate surface area is 254 Å². The van der Waals surface area contributed by atoms with E-state index in [9.17, 15) is 18.0 Å². The van der Waals surface area contributed by atoms with Crippen LogP contribution in [-0.4, -0.2) is 58.5 Å². The third-order valence-electron chi connectivity index (χ3n) is 6.32. The molecule has 0 bridgehead atoms. The first-order chi connectivity index (χ1) is 19.5. The Hall–Kier alpha value is -3.28. The molecule has 0 aliphatic carbocycles. The molecule has 0 heterocycles. The number of methoxy groups -OCH3 is 2. The molecule has 41 heavy (non-hydrogen) atoms. The van der Waals surface area contributed by atoms with Crippen molar-refractivity contribution in [3.05, 3.63) is 81.8 Å². The van der Waals surface area contributed by atoms with Crippen LogP contribution in [0.15, 0.2) is 76.1 Å². The lowest BCUT2D eigenvalue weighted by Crippen LogP contribution is -2.51. The second-order valence-corrected chi connectivity index (χ2v) is 12.3. The van der Waals surface area contributed by atoms with Gasteiger partial charge in [0.05, 0.1) is 24.8 Å². The third kappa shape index (κ3) is 8.15. The Kier molecular flexibility index (Phi) is 11.5. The summed E-state index contributed by atoms with van der Waals surface area (Å²) in [6, 6.07) is 16.8. The SMILES string of the molecule is CCCNC(=O)[C@H](C)N(Cc1ccc(Br)cc1)C(=O)CN(c1ccc(Cl)cc1)S(=O)(=O)c1ccc(OC)c(OC)c1. The molecule has 1 N–H and O–H groups in total. The number of hydrogen-bond donors (Lipinski definition) is 1. The van der Waals surface area contributed by atoms with E-state index in [4.69, 9.17) is 21.1 Å². The van der Waals surface area contributed by atoms with E-state index >= 15 is 0 Å². The van der Waals surface area contributed by atoms with Gasteiger partial charge in [-0.25, -0.2) is 8.42 Å². The average molecular weight is 667 g/mol. The van der Waals surface area contributed by atoms with Gasteiger partial charge in [-0.3, -0.25) is 13.9 Å². The first-order valence-electron chi connectivity index (χ1n) is 12.8. The van der Waals surface area contributed by atoms with E-state index in [0.29, 0.717) is 17.3 Å². The number of carbonyl (C=O) groups excluding carboxylic acids is 2. The zero-order valence-electron chi connectivity index (χ0n) is 23.3. The smallest absolute Gasteiger partial charge is 0.264 e. The van der Waals surface area contributed by atoms with Crippen LogP contribution in [0.5, 0.6) is 11.5 Å². The number of benzene rings is 3. The van der Waals surface area contributed by atoms with Crippen LogP contribution in [-0.2, 0) is 26.2 Å². The van der Waals surface area contributed by atoms with Gasteiger partial charge < -0.3 is 19.7 Å². The van der Waals surface area contributed by atoms with E-state index in [2.05, 4.69) is 21.2 Å². The molecule has 0 saturated heterocycles. The Morgan fingerprint density at radius 1 is 0.976 bits per heavy atom. The number of sulfonamides is 1. The highest BCUT2D eigenvalue weighted by Crippen LogP contribution is 2.32. The summed E-state index contributed by atoms with van der Waals surface area (Å²) < 4.78 is 40.5. The molecule has 0 aliphatic heterocycles. The fourth-order valence-corrected chi connectivity index (χ4v) is 5.83. The Bertz CT molecular complexity index is 1450. The van der Waals surface area contributed by atoms with Crippen molar-refractivity contribution in [3.8, 4) is 11.5 Å². The third-order valence-corrected chi connectivity index (χ3v) is 8.87. The standard InChI is InChI=1S/C29H33BrClN3O6S/c1-5-16-32-29(36)20(2)33(18-21-6-8-22(30)9-7-21)28(35)19-34(24-12-10-23(31)11-13-24)41(37,38)25-14-15-26(39-3)27(17-25)40-4/h6-15,17,20H,5,16,18-19H2,1-4H3,(H,32,36)/t20-/m0/s1. The van der Waals surface area contributed by atoms with Crippen molar-refractivity contribution in [2.24, 2.45) is 0 Å². The van der Waals surface area contributed by atoms with E-state index in [1.165, 1.54) is 49.5 Å². The number of anilines is 1. The largest absolute Gasteiger partial charge is 0.493 e. The minimum absolute atomic E-state index is 0.0949. The van der Waals surface area contributed by atoms with Gasteiger partial charge in [-0.15, -0.1) is 0 Å². The van der Waals surface area contributed by atoms with Gasteiger partial charge >= 0.3 is 0 Å². The summed E-state index contributed by atoms with van der Waals surface area (Å²) in [5.41, 5.74) is 1.00.